The molecule has 0 aliphatic carbocycles. The molecule has 0 fully saturated rings. The minimum Gasteiger partial charge on any atom is -0.382 e. The topological polar surface area (TPSA) is 34.1 Å². The first kappa shape index (κ1) is 13.7. The van der Waals surface area contributed by atoms with Crippen molar-refractivity contribution in [2.45, 2.75) is 19.4 Å². The van der Waals surface area contributed by atoms with Crippen molar-refractivity contribution in [3.05, 3.63) is 36.0 Å². The predicted octanol–water partition coefficient (Wildman–Crippen LogP) is 3.35. The Kier molecular flexibility index (Phi) is 3.66. The summed E-state index contributed by atoms with van der Waals surface area (Å²) in [6, 6.07) is 3.79. The fraction of sp³-hybridized carbons (Fsp3) is 0.357. The van der Waals surface area contributed by atoms with Crippen molar-refractivity contribution in [3.8, 4) is 0 Å². The van der Waals surface area contributed by atoms with Crippen LogP contribution < -0.4 is 5.32 Å². The molecule has 0 bridgehead atoms. The number of hydrogen-bond donors (Lipinski definition) is 1. The van der Waals surface area contributed by atoms with Gasteiger partial charge < -0.3 is 10.1 Å². The molecule has 0 saturated carbocycles. The molecule has 19 heavy (non-hydrogen) atoms. The molecule has 0 saturated heterocycles. The average molecular weight is 266 g/mol. The molecule has 0 radical (unpaired) electrons. The fourth-order valence-corrected chi connectivity index (χ4v) is 1.71. The molecular formula is C14H16F2N2O. The van der Waals surface area contributed by atoms with Crippen LogP contribution in [0.15, 0.2) is 24.4 Å². The molecular weight excluding hydrogens is 250 g/mol. The number of fused-ring (bicyclic) bond motifs is 1. The first-order chi connectivity index (χ1) is 8.93. The van der Waals surface area contributed by atoms with Crippen LogP contribution >= 0.6 is 0 Å². The van der Waals surface area contributed by atoms with Gasteiger partial charge in [-0.1, -0.05) is 0 Å². The highest BCUT2D eigenvalue weighted by molar-refractivity contribution is 5.91. The molecule has 5 heteroatoms. The van der Waals surface area contributed by atoms with E-state index in [9.17, 15) is 8.78 Å². The molecule has 1 aromatic carbocycles. The second-order valence-electron chi connectivity index (χ2n) is 4.96. The summed E-state index contributed by atoms with van der Waals surface area (Å²) in [7, 11) is 1.62. The van der Waals surface area contributed by atoms with Crippen LogP contribution in [0, 0.1) is 11.6 Å². The minimum absolute atomic E-state index is 0.154. The summed E-state index contributed by atoms with van der Waals surface area (Å²) in [5.74, 6) is -1.28. The number of hydrogen-bond acceptors (Lipinski definition) is 3. The highest BCUT2D eigenvalue weighted by Crippen LogP contribution is 2.25. The molecule has 1 aromatic heterocycles. The third-order valence-electron chi connectivity index (χ3n) is 3.02. The maximum Gasteiger partial charge on any atom is 0.152 e. The van der Waals surface area contributed by atoms with E-state index >= 15 is 0 Å². The van der Waals surface area contributed by atoms with Gasteiger partial charge >= 0.3 is 0 Å². The van der Waals surface area contributed by atoms with E-state index in [0.29, 0.717) is 17.6 Å². The summed E-state index contributed by atoms with van der Waals surface area (Å²) in [6.45, 7) is 4.36. The van der Waals surface area contributed by atoms with Gasteiger partial charge in [0.1, 0.15) is 11.3 Å². The van der Waals surface area contributed by atoms with Gasteiger partial charge in [-0.2, -0.15) is 0 Å². The van der Waals surface area contributed by atoms with Gasteiger partial charge in [-0.25, -0.2) is 8.78 Å². The number of pyridine rings is 1. The minimum atomic E-state index is -0.662. The zero-order valence-corrected chi connectivity index (χ0v) is 11.1. The lowest BCUT2D eigenvalue weighted by molar-refractivity contribution is 0.0344. The third-order valence-corrected chi connectivity index (χ3v) is 3.02. The van der Waals surface area contributed by atoms with Crippen molar-refractivity contribution in [1.82, 2.24) is 4.98 Å². The van der Waals surface area contributed by atoms with Crippen molar-refractivity contribution in [3.63, 3.8) is 0 Å². The molecule has 3 nitrogen and oxygen atoms in total. The van der Waals surface area contributed by atoms with E-state index in [1.54, 1.807) is 13.2 Å². The number of benzene rings is 1. The Morgan fingerprint density at radius 1 is 1.32 bits per heavy atom. The van der Waals surface area contributed by atoms with Crippen LogP contribution in [0.1, 0.15) is 13.8 Å². The number of aromatic nitrogens is 1. The van der Waals surface area contributed by atoms with E-state index in [2.05, 4.69) is 10.3 Å². The van der Waals surface area contributed by atoms with E-state index < -0.39 is 11.6 Å². The van der Waals surface area contributed by atoms with Crippen LogP contribution in [0.4, 0.5) is 14.5 Å². The second-order valence-corrected chi connectivity index (χ2v) is 4.96. The number of anilines is 1. The Morgan fingerprint density at radius 3 is 2.74 bits per heavy atom. The van der Waals surface area contributed by atoms with E-state index in [0.717, 1.165) is 6.07 Å². The van der Waals surface area contributed by atoms with Crippen LogP contribution in [-0.2, 0) is 4.74 Å². The number of methoxy groups -OCH3 is 1. The van der Waals surface area contributed by atoms with Gasteiger partial charge in [0.05, 0.1) is 5.60 Å². The van der Waals surface area contributed by atoms with Crippen molar-refractivity contribution in [2.75, 3.05) is 19.0 Å². The Morgan fingerprint density at radius 2 is 2.05 bits per heavy atom. The first-order valence-corrected chi connectivity index (χ1v) is 5.96. The van der Waals surface area contributed by atoms with Crippen LogP contribution in [-0.4, -0.2) is 24.2 Å². The Hall–Kier alpha value is -1.75. The molecule has 0 amide bonds. The highest BCUT2D eigenvalue weighted by atomic mass is 19.1. The van der Waals surface area contributed by atoms with Crippen LogP contribution in [0.3, 0.4) is 0 Å². The zero-order valence-electron chi connectivity index (χ0n) is 11.1. The average Bonchev–Trinajstić information content (AvgIpc) is 2.36. The summed E-state index contributed by atoms with van der Waals surface area (Å²) in [5, 5.41) is 3.56. The Bertz CT molecular complexity index is 599. The molecule has 0 atom stereocenters. The summed E-state index contributed by atoms with van der Waals surface area (Å²) >= 11 is 0. The lowest BCUT2D eigenvalue weighted by Gasteiger charge is -2.24. The maximum absolute atomic E-state index is 13.6. The van der Waals surface area contributed by atoms with Crippen LogP contribution in [0.5, 0.6) is 0 Å². The second kappa shape index (κ2) is 5.09. The van der Waals surface area contributed by atoms with E-state index in [4.69, 9.17) is 4.74 Å². The maximum atomic E-state index is 13.6. The largest absolute Gasteiger partial charge is 0.382 e. The summed E-state index contributed by atoms with van der Waals surface area (Å²) < 4.78 is 32.2. The van der Waals surface area contributed by atoms with Crippen molar-refractivity contribution in [2.24, 2.45) is 0 Å². The number of nitrogens with one attached hydrogen (secondary N) is 1. The van der Waals surface area contributed by atoms with Crippen molar-refractivity contribution in [1.29, 1.82) is 0 Å². The van der Waals surface area contributed by atoms with Gasteiger partial charge in [0.25, 0.3) is 0 Å². The smallest absolute Gasteiger partial charge is 0.152 e. The quantitative estimate of drug-likeness (QED) is 0.921. The van der Waals surface area contributed by atoms with Gasteiger partial charge in [-0.3, -0.25) is 4.98 Å². The van der Waals surface area contributed by atoms with Crippen molar-refractivity contribution >= 4 is 16.6 Å². The van der Waals surface area contributed by atoms with E-state index in [1.807, 2.05) is 13.8 Å². The Balaban J connectivity index is 2.39. The van der Waals surface area contributed by atoms with Crippen LogP contribution in [0.25, 0.3) is 10.9 Å². The normalized spacial score (nSPS) is 11.8. The molecule has 0 aliphatic rings. The molecule has 2 rings (SSSR count). The van der Waals surface area contributed by atoms with Gasteiger partial charge in [-0.05, 0) is 26.0 Å². The number of nitrogens with zero attached hydrogens (tertiary/aromatic N) is 1. The molecule has 0 unspecified atom stereocenters. The molecule has 1 heterocycles. The first-order valence-electron chi connectivity index (χ1n) is 5.96. The summed E-state index contributed by atoms with van der Waals surface area (Å²) in [4.78, 5) is 3.93. The van der Waals surface area contributed by atoms with E-state index in [1.165, 1.54) is 12.3 Å². The zero-order chi connectivity index (χ0) is 14.0. The molecule has 0 aliphatic heterocycles. The summed E-state index contributed by atoms with van der Waals surface area (Å²) in [6.07, 6.45) is 1.49. The van der Waals surface area contributed by atoms with Gasteiger partial charge in [0, 0.05) is 37.0 Å². The molecule has 2 aromatic rings. The number of rotatable bonds is 4. The Labute approximate surface area is 110 Å². The predicted molar refractivity (Wildman–Crippen MR) is 71.2 cm³/mol. The third kappa shape index (κ3) is 2.98. The number of ether oxygens (including phenoxy) is 1. The number of halogens is 2. The lowest BCUT2D eigenvalue weighted by Crippen LogP contribution is -2.32. The van der Waals surface area contributed by atoms with Crippen molar-refractivity contribution < 1.29 is 13.5 Å². The molecule has 0 spiro atoms. The van der Waals surface area contributed by atoms with Gasteiger partial charge in [-0.15, -0.1) is 0 Å². The standard InChI is InChI=1S/C14H16F2N2O/c1-14(2,19-3)8-18-12-4-5-17-13-10(12)6-9(15)7-11(13)16/h4-7H,8H2,1-3H3,(H,17,18). The highest BCUT2D eigenvalue weighted by Gasteiger charge is 2.17. The monoisotopic (exact) mass is 266 g/mol. The lowest BCUT2D eigenvalue weighted by atomic mass is 10.1. The fourth-order valence-electron chi connectivity index (χ4n) is 1.71. The SMILES string of the molecule is COC(C)(C)CNc1ccnc2c(F)cc(F)cc12. The van der Waals surface area contributed by atoms with Crippen LogP contribution in [0.2, 0.25) is 0 Å². The molecule has 102 valence electrons. The summed E-state index contributed by atoms with van der Waals surface area (Å²) in [5.41, 5.74) is 0.414. The molecule has 1 N–H and O–H groups in total. The van der Waals surface area contributed by atoms with Gasteiger partial charge in [0.15, 0.2) is 5.82 Å². The van der Waals surface area contributed by atoms with Gasteiger partial charge in [0.2, 0.25) is 0 Å². The van der Waals surface area contributed by atoms with E-state index in [-0.39, 0.29) is 11.1 Å².